The van der Waals surface area contributed by atoms with Crippen molar-refractivity contribution in [2.24, 2.45) is 5.92 Å². The van der Waals surface area contributed by atoms with Crippen molar-refractivity contribution in [2.75, 3.05) is 26.8 Å². The number of carbonyl (C=O) groups is 1. The van der Waals surface area contributed by atoms with Crippen molar-refractivity contribution < 1.29 is 17.9 Å². The molecule has 0 radical (unpaired) electrons. The van der Waals surface area contributed by atoms with Crippen LogP contribution in [0.15, 0.2) is 35.2 Å². The zero-order valence-corrected chi connectivity index (χ0v) is 18.3. The Labute approximate surface area is 175 Å². The maximum absolute atomic E-state index is 12.9. The lowest BCUT2D eigenvalue weighted by molar-refractivity contribution is -0.130. The lowest BCUT2D eigenvalue weighted by atomic mass is 9.86. The Morgan fingerprint density at radius 2 is 1.93 bits per heavy atom. The lowest BCUT2D eigenvalue weighted by Crippen LogP contribution is -2.51. The van der Waals surface area contributed by atoms with E-state index in [1.54, 1.807) is 37.4 Å². The van der Waals surface area contributed by atoms with Crippen molar-refractivity contribution in [1.29, 1.82) is 0 Å². The summed E-state index contributed by atoms with van der Waals surface area (Å²) in [7, 11) is -2.04. The van der Waals surface area contributed by atoms with Crippen LogP contribution in [0.25, 0.3) is 0 Å². The molecule has 0 aromatic heterocycles. The number of hydrogen-bond acceptors (Lipinski definition) is 4. The van der Waals surface area contributed by atoms with Crippen LogP contribution >= 0.6 is 0 Å². The molecular formula is C22H34N2O4S. The van der Waals surface area contributed by atoms with Crippen LogP contribution < -0.4 is 4.72 Å². The molecule has 1 aliphatic carbocycles. The van der Waals surface area contributed by atoms with Gasteiger partial charge in [0, 0.05) is 33.2 Å². The molecule has 1 saturated heterocycles. The largest absolute Gasteiger partial charge is 0.385 e. The highest BCUT2D eigenvalue weighted by Crippen LogP contribution is 2.30. The molecule has 1 amide bonds. The van der Waals surface area contributed by atoms with Gasteiger partial charge in [0.1, 0.15) is 0 Å². The molecule has 2 aliphatic rings. The fourth-order valence-corrected chi connectivity index (χ4v) is 6.10. The fourth-order valence-electron chi connectivity index (χ4n) is 4.63. The number of amides is 1. The van der Waals surface area contributed by atoms with Gasteiger partial charge >= 0.3 is 0 Å². The van der Waals surface area contributed by atoms with Gasteiger partial charge in [0.15, 0.2) is 0 Å². The minimum Gasteiger partial charge on any atom is -0.385 e. The van der Waals surface area contributed by atoms with Gasteiger partial charge in [-0.1, -0.05) is 50.3 Å². The Balaban J connectivity index is 1.63. The zero-order chi connectivity index (χ0) is 20.7. The summed E-state index contributed by atoms with van der Waals surface area (Å²) >= 11 is 0. The Hall–Kier alpha value is -1.44. The highest BCUT2D eigenvalue weighted by molar-refractivity contribution is 7.89. The second kappa shape index (κ2) is 10.0. The number of rotatable bonds is 9. The van der Waals surface area contributed by atoms with Gasteiger partial charge in [0.25, 0.3) is 0 Å². The summed E-state index contributed by atoms with van der Waals surface area (Å²) < 4.78 is 34.0. The summed E-state index contributed by atoms with van der Waals surface area (Å²) in [5.74, 6) is 0.818. The predicted molar refractivity (Wildman–Crippen MR) is 113 cm³/mol. The Morgan fingerprint density at radius 3 is 2.62 bits per heavy atom. The number of methoxy groups -OCH3 is 1. The molecule has 1 heterocycles. The minimum absolute atomic E-state index is 0.147. The molecule has 0 spiro atoms. The molecule has 162 valence electrons. The van der Waals surface area contributed by atoms with Gasteiger partial charge in [-0.3, -0.25) is 4.79 Å². The van der Waals surface area contributed by atoms with Crippen molar-refractivity contribution in [1.82, 2.24) is 9.62 Å². The maximum Gasteiger partial charge on any atom is 0.241 e. The van der Waals surface area contributed by atoms with Crippen molar-refractivity contribution in [3.05, 3.63) is 30.3 Å². The SMILES string of the molecule is COCCC1(NS(=O)(=O)c2ccccc2)CCN(C(=O)CCC2CCCCC2)C1. The number of sulfonamides is 1. The molecule has 1 saturated carbocycles. The number of carbonyl (C=O) groups excluding carboxylic acids is 1. The Kier molecular flexibility index (Phi) is 7.71. The molecule has 1 aromatic rings. The number of benzene rings is 1. The smallest absolute Gasteiger partial charge is 0.241 e. The van der Waals surface area contributed by atoms with Crippen LogP contribution in [0.1, 0.15) is 57.8 Å². The maximum atomic E-state index is 12.9. The van der Waals surface area contributed by atoms with Gasteiger partial charge in [-0.05, 0) is 37.3 Å². The van der Waals surface area contributed by atoms with Gasteiger partial charge in [-0.2, -0.15) is 0 Å². The third kappa shape index (κ3) is 6.03. The molecule has 1 aromatic carbocycles. The summed E-state index contributed by atoms with van der Waals surface area (Å²) in [4.78, 5) is 14.9. The van der Waals surface area contributed by atoms with Crippen LogP contribution in [0.2, 0.25) is 0 Å². The number of nitrogens with zero attached hydrogens (tertiary/aromatic N) is 1. The first kappa shape index (κ1) is 22.2. The van der Waals surface area contributed by atoms with Crippen molar-refractivity contribution in [2.45, 2.75) is 68.2 Å². The highest BCUT2D eigenvalue weighted by atomic mass is 32.2. The lowest BCUT2D eigenvalue weighted by Gasteiger charge is -2.30. The van der Waals surface area contributed by atoms with Crippen LogP contribution in [0, 0.1) is 5.92 Å². The summed E-state index contributed by atoms with van der Waals surface area (Å²) in [5.41, 5.74) is -0.675. The monoisotopic (exact) mass is 422 g/mol. The second-order valence-corrected chi connectivity index (χ2v) is 10.2. The van der Waals surface area contributed by atoms with E-state index >= 15 is 0 Å². The van der Waals surface area contributed by atoms with Crippen molar-refractivity contribution in [3.63, 3.8) is 0 Å². The van der Waals surface area contributed by atoms with Crippen molar-refractivity contribution in [3.8, 4) is 0 Å². The van der Waals surface area contributed by atoms with Gasteiger partial charge < -0.3 is 9.64 Å². The van der Waals surface area contributed by atoms with E-state index < -0.39 is 15.6 Å². The number of likely N-dealkylation sites (tertiary alicyclic amines) is 1. The second-order valence-electron chi connectivity index (χ2n) is 8.55. The quantitative estimate of drug-likeness (QED) is 0.662. The molecule has 0 bridgehead atoms. The summed E-state index contributed by atoms with van der Waals surface area (Å²) in [6.45, 7) is 1.44. The molecule has 3 rings (SSSR count). The number of hydrogen-bond donors (Lipinski definition) is 1. The molecule has 29 heavy (non-hydrogen) atoms. The van der Waals surface area contributed by atoms with Crippen LogP contribution in [0.5, 0.6) is 0 Å². The van der Waals surface area contributed by atoms with E-state index in [2.05, 4.69) is 4.72 Å². The summed E-state index contributed by atoms with van der Waals surface area (Å²) in [5, 5.41) is 0. The van der Waals surface area contributed by atoms with Crippen molar-refractivity contribution >= 4 is 15.9 Å². The van der Waals surface area contributed by atoms with E-state index in [0.717, 1.165) is 6.42 Å². The van der Waals surface area contributed by atoms with E-state index in [-0.39, 0.29) is 10.8 Å². The first-order valence-corrected chi connectivity index (χ1v) is 12.3. The fraction of sp³-hybridized carbons (Fsp3) is 0.682. The molecular weight excluding hydrogens is 388 g/mol. The highest BCUT2D eigenvalue weighted by Gasteiger charge is 2.42. The molecule has 2 fully saturated rings. The molecule has 1 atom stereocenters. The number of nitrogens with one attached hydrogen (secondary N) is 1. The van der Waals surface area contributed by atoms with Gasteiger partial charge in [-0.15, -0.1) is 0 Å². The van der Waals surface area contributed by atoms with E-state index in [1.165, 1.54) is 32.1 Å². The normalized spacial score (nSPS) is 23.4. The zero-order valence-electron chi connectivity index (χ0n) is 17.4. The van der Waals surface area contributed by atoms with Crippen LogP contribution in [-0.2, 0) is 19.6 Å². The van der Waals surface area contributed by atoms with E-state index in [9.17, 15) is 13.2 Å². The summed E-state index contributed by atoms with van der Waals surface area (Å²) in [6, 6.07) is 8.41. The first-order valence-electron chi connectivity index (χ1n) is 10.8. The number of ether oxygens (including phenoxy) is 1. The van der Waals surface area contributed by atoms with Gasteiger partial charge in [0.2, 0.25) is 15.9 Å². The third-order valence-electron chi connectivity index (χ3n) is 6.39. The van der Waals surface area contributed by atoms with E-state index in [4.69, 9.17) is 4.74 Å². The topological polar surface area (TPSA) is 75.7 Å². The average Bonchev–Trinajstić information content (AvgIpc) is 3.15. The first-order chi connectivity index (χ1) is 13.9. The molecule has 1 unspecified atom stereocenters. The van der Waals surface area contributed by atoms with E-state index in [0.29, 0.717) is 44.9 Å². The van der Waals surface area contributed by atoms with Gasteiger partial charge in [0.05, 0.1) is 10.4 Å². The third-order valence-corrected chi connectivity index (χ3v) is 7.98. The average molecular weight is 423 g/mol. The minimum atomic E-state index is -3.65. The standard InChI is InChI=1S/C22H34N2O4S/c1-28-17-15-22(23-29(26,27)20-10-6-3-7-11-20)14-16-24(18-22)21(25)13-12-19-8-4-2-5-9-19/h3,6-7,10-11,19,23H,2,4-5,8-9,12-18H2,1H3. The predicted octanol–water partition coefficient (Wildman–Crippen LogP) is 3.33. The van der Waals surface area contributed by atoms with Crippen LogP contribution in [0.3, 0.4) is 0 Å². The Bertz CT molecular complexity index is 762. The van der Waals surface area contributed by atoms with Crippen LogP contribution in [0.4, 0.5) is 0 Å². The van der Waals surface area contributed by atoms with Gasteiger partial charge in [-0.25, -0.2) is 13.1 Å². The molecule has 7 heteroatoms. The van der Waals surface area contributed by atoms with E-state index in [1.807, 2.05) is 4.90 Å². The summed E-state index contributed by atoms with van der Waals surface area (Å²) in [6.07, 6.45) is 9.03. The molecule has 1 N–H and O–H groups in total. The molecule has 6 nitrogen and oxygen atoms in total. The molecule has 1 aliphatic heterocycles. The Morgan fingerprint density at radius 1 is 1.21 bits per heavy atom. The van der Waals surface area contributed by atoms with Crippen LogP contribution in [-0.4, -0.2) is 51.6 Å².